The third-order valence-corrected chi connectivity index (χ3v) is 3.50. The Labute approximate surface area is 107 Å². The predicted molar refractivity (Wildman–Crippen MR) is 69.0 cm³/mol. The van der Waals surface area contributed by atoms with Crippen molar-refractivity contribution in [2.24, 2.45) is 0 Å². The number of carbonyl (C=O) groups is 1. The summed E-state index contributed by atoms with van der Waals surface area (Å²) >= 11 is 0. The van der Waals surface area contributed by atoms with Crippen molar-refractivity contribution in [1.29, 1.82) is 0 Å². The predicted octanol–water partition coefficient (Wildman–Crippen LogP) is 1.86. The molecule has 1 saturated heterocycles. The van der Waals surface area contributed by atoms with Crippen molar-refractivity contribution in [3.63, 3.8) is 0 Å². The van der Waals surface area contributed by atoms with Crippen LogP contribution < -0.4 is 4.74 Å². The van der Waals surface area contributed by atoms with E-state index >= 15 is 0 Å². The third-order valence-electron chi connectivity index (χ3n) is 3.50. The number of ether oxygens (including phenoxy) is 2. The first-order chi connectivity index (χ1) is 8.61. The van der Waals surface area contributed by atoms with E-state index in [2.05, 4.69) is 11.9 Å². The van der Waals surface area contributed by atoms with Crippen LogP contribution in [0.5, 0.6) is 5.75 Å². The molecule has 1 aromatic carbocycles. The van der Waals surface area contributed by atoms with Gasteiger partial charge in [0.1, 0.15) is 12.4 Å². The molecule has 4 nitrogen and oxygen atoms in total. The Morgan fingerprint density at radius 3 is 2.83 bits per heavy atom. The largest absolute Gasteiger partial charge is 0.492 e. The lowest BCUT2D eigenvalue weighted by atomic mass is 10.1. The van der Waals surface area contributed by atoms with Crippen molar-refractivity contribution in [2.75, 3.05) is 27.3 Å². The highest BCUT2D eigenvalue weighted by Gasteiger charge is 2.24. The fraction of sp³-hybridized carbons (Fsp3) is 0.500. The molecule has 98 valence electrons. The SMILES string of the molecule is COC(=O)c1cc(OC[C@H]2CCN2C)ccc1C. The van der Waals surface area contributed by atoms with Crippen molar-refractivity contribution >= 4 is 5.97 Å². The van der Waals surface area contributed by atoms with E-state index in [0.717, 1.165) is 17.9 Å². The van der Waals surface area contributed by atoms with E-state index in [1.807, 2.05) is 19.1 Å². The fourth-order valence-corrected chi connectivity index (χ4v) is 1.99. The lowest BCUT2D eigenvalue weighted by Gasteiger charge is -2.37. The van der Waals surface area contributed by atoms with Crippen LogP contribution in [0.3, 0.4) is 0 Å². The highest BCUT2D eigenvalue weighted by molar-refractivity contribution is 5.91. The van der Waals surface area contributed by atoms with Gasteiger partial charge in [-0.05, 0) is 44.6 Å². The number of hydrogen-bond acceptors (Lipinski definition) is 4. The Balaban J connectivity index is 2.02. The maximum absolute atomic E-state index is 11.6. The summed E-state index contributed by atoms with van der Waals surface area (Å²) in [6.45, 7) is 3.69. The molecule has 0 aliphatic carbocycles. The van der Waals surface area contributed by atoms with E-state index < -0.39 is 0 Å². The molecule has 1 fully saturated rings. The van der Waals surface area contributed by atoms with Crippen LogP contribution >= 0.6 is 0 Å². The van der Waals surface area contributed by atoms with Gasteiger partial charge in [0.2, 0.25) is 0 Å². The summed E-state index contributed by atoms with van der Waals surface area (Å²) in [5.41, 5.74) is 1.46. The van der Waals surface area contributed by atoms with Gasteiger partial charge in [0.15, 0.2) is 0 Å². The summed E-state index contributed by atoms with van der Waals surface area (Å²) < 4.78 is 10.5. The zero-order valence-corrected chi connectivity index (χ0v) is 11.1. The number of carbonyl (C=O) groups excluding carboxylic acids is 1. The lowest BCUT2D eigenvalue weighted by molar-refractivity contribution is 0.0597. The van der Waals surface area contributed by atoms with Gasteiger partial charge in [0, 0.05) is 6.04 Å². The number of benzene rings is 1. The second-order valence-corrected chi connectivity index (χ2v) is 4.70. The fourth-order valence-electron chi connectivity index (χ4n) is 1.99. The second kappa shape index (κ2) is 5.40. The Kier molecular flexibility index (Phi) is 3.87. The second-order valence-electron chi connectivity index (χ2n) is 4.70. The molecule has 1 aliphatic heterocycles. The van der Waals surface area contributed by atoms with Crippen LogP contribution in [-0.4, -0.2) is 44.2 Å². The molecule has 1 heterocycles. The van der Waals surface area contributed by atoms with Gasteiger partial charge >= 0.3 is 5.97 Å². The molecule has 0 N–H and O–H groups in total. The summed E-state index contributed by atoms with van der Waals surface area (Å²) in [6.07, 6.45) is 1.17. The van der Waals surface area contributed by atoms with Crippen LogP contribution in [0.25, 0.3) is 0 Å². The zero-order valence-electron chi connectivity index (χ0n) is 11.1. The van der Waals surface area contributed by atoms with Gasteiger partial charge in [-0.25, -0.2) is 4.79 Å². The Bertz CT molecular complexity index is 445. The minimum atomic E-state index is -0.321. The minimum absolute atomic E-state index is 0.321. The summed E-state index contributed by atoms with van der Waals surface area (Å²) in [6, 6.07) is 6.01. The standard InChI is InChI=1S/C14H19NO3/c1-10-4-5-12(8-13(10)14(16)17-3)18-9-11-6-7-15(11)2/h4-5,8,11H,6-7,9H2,1-3H3/t11-/m1/s1. The maximum atomic E-state index is 11.6. The summed E-state index contributed by atoms with van der Waals surface area (Å²) in [7, 11) is 3.48. The molecule has 0 unspecified atom stereocenters. The molecule has 4 heteroatoms. The topological polar surface area (TPSA) is 38.8 Å². The summed E-state index contributed by atoms with van der Waals surface area (Å²) in [5.74, 6) is 0.403. The van der Waals surface area contributed by atoms with E-state index in [1.54, 1.807) is 6.07 Å². The van der Waals surface area contributed by atoms with Gasteiger partial charge < -0.3 is 9.47 Å². The molecule has 1 aliphatic rings. The van der Waals surface area contributed by atoms with Gasteiger partial charge in [0.25, 0.3) is 0 Å². The first kappa shape index (κ1) is 12.9. The highest BCUT2D eigenvalue weighted by atomic mass is 16.5. The molecule has 0 bridgehead atoms. The number of likely N-dealkylation sites (tertiary alicyclic amines) is 1. The molecule has 0 aromatic heterocycles. The third kappa shape index (κ3) is 2.64. The van der Waals surface area contributed by atoms with Gasteiger partial charge in [-0.2, -0.15) is 0 Å². The van der Waals surface area contributed by atoms with Crippen LogP contribution in [0, 0.1) is 6.92 Å². The summed E-state index contributed by atoms with van der Waals surface area (Å²) in [4.78, 5) is 13.8. The van der Waals surface area contributed by atoms with E-state index in [9.17, 15) is 4.79 Å². The van der Waals surface area contributed by atoms with Crippen molar-refractivity contribution in [3.8, 4) is 5.75 Å². The van der Waals surface area contributed by atoms with Crippen molar-refractivity contribution in [3.05, 3.63) is 29.3 Å². The molecule has 1 atom stereocenters. The number of hydrogen-bond donors (Lipinski definition) is 0. The number of likely N-dealkylation sites (N-methyl/N-ethyl adjacent to an activating group) is 1. The maximum Gasteiger partial charge on any atom is 0.338 e. The van der Waals surface area contributed by atoms with Crippen molar-refractivity contribution in [1.82, 2.24) is 4.90 Å². The van der Waals surface area contributed by atoms with Crippen LogP contribution in [0.15, 0.2) is 18.2 Å². The average molecular weight is 249 g/mol. The van der Waals surface area contributed by atoms with Crippen LogP contribution in [0.4, 0.5) is 0 Å². The Hall–Kier alpha value is -1.55. The van der Waals surface area contributed by atoms with Gasteiger partial charge in [0.05, 0.1) is 12.7 Å². The quantitative estimate of drug-likeness (QED) is 0.764. The molecular formula is C14H19NO3. The first-order valence-corrected chi connectivity index (χ1v) is 6.14. The molecule has 1 aromatic rings. The monoisotopic (exact) mass is 249 g/mol. The zero-order chi connectivity index (χ0) is 13.1. The van der Waals surface area contributed by atoms with Crippen molar-refractivity contribution < 1.29 is 14.3 Å². The van der Waals surface area contributed by atoms with Gasteiger partial charge in [-0.1, -0.05) is 6.07 Å². The normalized spacial score (nSPS) is 19.2. The highest BCUT2D eigenvalue weighted by Crippen LogP contribution is 2.20. The van der Waals surface area contributed by atoms with Crippen LogP contribution in [0.2, 0.25) is 0 Å². The number of aryl methyl sites for hydroxylation is 1. The van der Waals surface area contributed by atoms with Crippen LogP contribution in [0.1, 0.15) is 22.3 Å². The van der Waals surface area contributed by atoms with Gasteiger partial charge in [-0.15, -0.1) is 0 Å². The Morgan fingerprint density at radius 2 is 2.28 bits per heavy atom. The number of rotatable bonds is 4. The number of nitrogens with zero attached hydrogens (tertiary/aromatic N) is 1. The van der Waals surface area contributed by atoms with E-state index in [-0.39, 0.29) is 5.97 Å². The van der Waals surface area contributed by atoms with E-state index in [1.165, 1.54) is 13.5 Å². The smallest absolute Gasteiger partial charge is 0.338 e. The number of esters is 1. The van der Waals surface area contributed by atoms with Crippen LogP contribution in [-0.2, 0) is 4.74 Å². The molecule has 2 rings (SSSR count). The molecule has 0 radical (unpaired) electrons. The molecule has 0 amide bonds. The molecule has 0 spiro atoms. The average Bonchev–Trinajstić information content (AvgIpc) is 2.38. The minimum Gasteiger partial charge on any atom is -0.492 e. The van der Waals surface area contributed by atoms with E-state index in [0.29, 0.717) is 18.2 Å². The van der Waals surface area contributed by atoms with Crippen molar-refractivity contribution in [2.45, 2.75) is 19.4 Å². The summed E-state index contributed by atoms with van der Waals surface area (Å²) in [5, 5.41) is 0. The Morgan fingerprint density at radius 1 is 1.50 bits per heavy atom. The lowest BCUT2D eigenvalue weighted by Crippen LogP contribution is -2.48. The number of methoxy groups -OCH3 is 1. The first-order valence-electron chi connectivity index (χ1n) is 6.14. The van der Waals surface area contributed by atoms with E-state index in [4.69, 9.17) is 9.47 Å². The van der Waals surface area contributed by atoms with Gasteiger partial charge in [-0.3, -0.25) is 4.90 Å². The molecule has 18 heavy (non-hydrogen) atoms. The molecule has 0 saturated carbocycles. The molecular weight excluding hydrogens is 230 g/mol.